The molecular weight excluding hydrogens is 592 g/mol. The zero-order valence-corrected chi connectivity index (χ0v) is 26.3. The number of halogens is 1. The van der Waals surface area contributed by atoms with Crippen molar-refractivity contribution in [1.29, 1.82) is 0 Å². The van der Waals surface area contributed by atoms with E-state index in [4.69, 9.17) is 21.6 Å². The van der Waals surface area contributed by atoms with E-state index in [0.717, 1.165) is 72.2 Å². The van der Waals surface area contributed by atoms with Crippen LogP contribution in [0.1, 0.15) is 0 Å². The Balaban J connectivity index is 1.39. The largest absolute Gasteiger partial charge is 0.228 e. The van der Waals surface area contributed by atoms with E-state index >= 15 is 0 Å². The molecule has 0 fully saturated rings. The molecule has 7 aromatic carbocycles. The number of hydrogen-bond donors (Lipinski definition) is 0. The number of nitrogens with zero attached hydrogens (tertiary/aromatic N) is 2. The summed E-state index contributed by atoms with van der Waals surface area (Å²) in [5.41, 5.74) is 11.5. The number of benzene rings is 7. The third-order valence-electron chi connectivity index (χ3n) is 8.54. The van der Waals surface area contributed by atoms with Gasteiger partial charge in [-0.2, -0.15) is 0 Å². The SMILES string of the molecule is Clc1cccc(-c2cc(-c3cc(-c4ccccc4-c4ccccc4)nc(-c4cccc(-c5ccccc5)c4)n3)c3ccccc3c2)c1. The first-order chi connectivity index (χ1) is 23.2. The Morgan fingerprint density at radius 1 is 0.340 bits per heavy atom. The second kappa shape index (κ2) is 12.5. The van der Waals surface area contributed by atoms with Crippen molar-refractivity contribution in [1.82, 2.24) is 9.97 Å². The van der Waals surface area contributed by atoms with E-state index in [-0.39, 0.29) is 0 Å². The third kappa shape index (κ3) is 5.83. The van der Waals surface area contributed by atoms with Gasteiger partial charge in [0, 0.05) is 21.7 Å². The Morgan fingerprint density at radius 3 is 1.68 bits per heavy atom. The summed E-state index contributed by atoms with van der Waals surface area (Å²) >= 11 is 6.45. The van der Waals surface area contributed by atoms with Gasteiger partial charge < -0.3 is 0 Å². The highest BCUT2D eigenvalue weighted by molar-refractivity contribution is 6.30. The lowest BCUT2D eigenvalue weighted by Crippen LogP contribution is -1.98. The van der Waals surface area contributed by atoms with Crippen LogP contribution in [0.25, 0.3) is 78.1 Å². The smallest absolute Gasteiger partial charge is 0.160 e. The summed E-state index contributed by atoms with van der Waals surface area (Å²) in [6.07, 6.45) is 0. The molecule has 0 unspecified atom stereocenters. The van der Waals surface area contributed by atoms with Crippen molar-refractivity contribution in [3.8, 4) is 67.3 Å². The highest BCUT2D eigenvalue weighted by Gasteiger charge is 2.17. The van der Waals surface area contributed by atoms with E-state index in [1.54, 1.807) is 0 Å². The van der Waals surface area contributed by atoms with Crippen LogP contribution < -0.4 is 0 Å². The van der Waals surface area contributed by atoms with E-state index in [0.29, 0.717) is 10.8 Å². The Hall–Kier alpha value is -5.83. The Kier molecular flexibility index (Phi) is 7.62. The fraction of sp³-hybridized carbons (Fsp3) is 0. The maximum Gasteiger partial charge on any atom is 0.160 e. The van der Waals surface area contributed by atoms with Crippen LogP contribution in [0.3, 0.4) is 0 Å². The molecule has 1 aromatic heterocycles. The van der Waals surface area contributed by atoms with Crippen LogP contribution in [0.2, 0.25) is 5.02 Å². The van der Waals surface area contributed by atoms with Crippen molar-refractivity contribution in [2.24, 2.45) is 0 Å². The van der Waals surface area contributed by atoms with Crippen molar-refractivity contribution in [3.63, 3.8) is 0 Å². The van der Waals surface area contributed by atoms with Gasteiger partial charge in [0.05, 0.1) is 11.4 Å². The molecular formula is C44H29ClN2. The van der Waals surface area contributed by atoms with Crippen LogP contribution >= 0.6 is 11.6 Å². The fourth-order valence-corrected chi connectivity index (χ4v) is 6.44. The summed E-state index contributed by atoms with van der Waals surface area (Å²) in [4.78, 5) is 10.6. The summed E-state index contributed by atoms with van der Waals surface area (Å²) in [6.45, 7) is 0. The lowest BCUT2D eigenvalue weighted by molar-refractivity contribution is 1.19. The average molecular weight is 621 g/mol. The van der Waals surface area contributed by atoms with Gasteiger partial charge in [-0.1, -0.05) is 151 Å². The summed E-state index contributed by atoms with van der Waals surface area (Å²) < 4.78 is 0. The molecule has 8 rings (SSSR count). The molecule has 0 aliphatic heterocycles. The molecule has 0 N–H and O–H groups in total. The first-order valence-corrected chi connectivity index (χ1v) is 16.1. The summed E-state index contributed by atoms with van der Waals surface area (Å²) in [5, 5.41) is 2.97. The van der Waals surface area contributed by atoms with Gasteiger partial charge in [-0.3, -0.25) is 0 Å². The number of fused-ring (bicyclic) bond motifs is 1. The summed E-state index contributed by atoms with van der Waals surface area (Å²) in [7, 11) is 0. The predicted octanol–water partition coefficient (Wildman–Crippen LogP) is 12.3. The van der Waals surface area contributed by atoms with Gasteiger partial charge in [-0.05, 0) is 80.6 Å². The third-order valence-corrected chi connectivity index (χ3v) is 8.77. The Labute approximate surface area is 279 Å². The van der Waals surface area contributed by atoms with Crippen molar-refractivity contribution < 1.29 is 0 Å². The lowest BCUT2D eigenvalue weighted by Gasteiger charge is -2.15. The maximum atomic E-state index is 6.45. The van der Waals surface area contributed by atoms with Gasteiger partial charge in [0.15, 0.2) is 5.82 Å². The molecule has 47 heavy (non-hydrogen) atoms. The maximum absolute atomic E-state index is 6.45. The van der Waals surface area contributed by atoms with Gasteiger partial charge >= 0.3 is 0 Å². The first-order valence-electron chi connectivity index (χ1n) is 15.7. The minimum atomic E-state index is 0.676. The Morgan fingerprint density at radius 2 is 0.915 bits per heavy atom. The molecule has 0 saturated heterocycles. The van der Waals surface area contributed by atoms with Gasteiger partial charge in [0.25, 0.3) is 0 Å². The topological polar surface area (TPSA) is 25.8 Å². The van der Waals surface area contributed by atoms with E-state index in [9.17, 15) is 0 Å². The van der Waals surface area contributed by atoms with Crippen molar-refractivity contribution in [2.75, 3.05) is 0 Å². The van der Waals surface area contributed by atoms with Crippen LogP contribution in [0.4, 0.5) is 0 Å². The van der Waals surface area contributed by atoms with Crippen molar-refractivity contribution in [3.05, 3.63) is 181 Å². The van der Waals surface area contributed by atoms with Crippen LogP contribution in [0.5, 0.6) is 0 Å². The van der Waals surface area contributed by atoms with Crippen LogP contribution in [-0.4, -0.2) is 9.97 Å². The summed E-state index contributed by atoms with van der Waals surface area (Å²) in [6, 6.07) is 61.0. The van der Waals surface area contributed by atoms with Crippen LogP contribution in [0.15, 0.2) is 176 Å². The minimum Gasteiger partial charge on any atom is -0.228 e. The molecule has 0 atom stereocenters. The Bertz CT molecular complexity index is 2360. The molecule has 0 bridgehead atoms. The predicted molar refractivity (Wildman–Crippen MR) is 197 cm³/mol. The molecule has 0 amide bonds. The molecule has 0 saturated carbocycles. The molecule has 0 aliphatic rings. The molecule has 0 spiro atoms. The molecule has 1 heterocycles. The summed E-state index contributed by atoms with van der Waals surface area (Å²) in [5.74, 6) is 0.676. The molecule has 0 aliphatic carbocycles. The monoisotopic (exact) mass is 620 g/mol. The highest BCUT2D eigenvalue weighted by atomic mass is 35.5. The van der Waals surface area contributed by atoms with Crippen LogP contribution in [0, 0.1) is 0 Å². The standard InChI is InChI=1S/C44H29ClN2/c45-37-21-12-19-33(27-37)36-26-34-17-7-8-23-39(34)41(28-36)43-29-42(40-24-10-9-22-38(40)31-15-5-2-6-16-31)46-44(47-43)35-20-11-18-32(25-35)30-13-3-1-4-14-30/h1-29H. The molecule has 2 nitrogen and oxygen atoms in total. The fourth-order valence-electron chi connectivity index (χ4n) is 6.25. The average Bonchev–Trinajstić information content (AvgIpc) is 3.15. The highest BCUT2D eigenvalue weighted by Crippen LogP contribution is 2.38. The van der Waals surface area contributed by atoms with Crippen molar-refractivity contribution in [2.45, 2.75) is 0 Å². The van der Waals surface area contributed by atoms with E-state index < -0.39 is 0 Å². The number of hydrogen-bond acceptors (Lipinski definition) is 2. The number of rotatable bonds is 6. The minimum absolute atomic E-state index is 0.676. The second-order valence-electron chi connectivity index (χ2n) is 11.6. The van der Waals surface area contributed by atoms with Crippen molar-refractivity contribution >= 4 is 22.4 Å². The molecule has 8 aromatic rings. The van der Waals surface area contributed by atoms with Gasteiger partial charge in [-0.25, -0.2) is 9.97 Å². The normalized spacial score (nSPS) is 11.1. The van der Waals surface area contributed by atoms with Gasteiger partial charge in [0.1, 0.15) is 0 Å². The van der Waals surface area contributed by atoms with Gasteiger partial charge in [0.2, 0.25) is 0 Å². The zero-order chi connectivity index (χ0) is 31.6. The van der Waals surface area contributed by atoms with E-state index in [1.165, 1.54) is 0 Å². The van der Waals surface area contributed by atoms with E-state index in [1.807, 2.05) is 30.3 Å². The first kappa shape index (κ1) is 28.6. The molecule has 0 radical (unpaired) electrons. The van der Waals surface area contributed by atoms with Gasteiger partial charge in [-0.15, -0.1) is 0 Å². The number of aromatic nitrogens is 2. The second-order valence-corrected chi connectivity index (χ2v) is 12.0. The van der Waals surface area contributed by atoms with E-state index in [2.05, 4.69) is 146 Å². The lowest BCUT2D eigenvalue weighted by atomic mass is 9.93. The molecule has 222 valence electrons. The quantitative estimate of drug-likeness (QED) is 0.185. The molecule has 3 heteroatoms. The van der Waals surface area contributed by atoms with Crippen LogP contribution in [-0.2, 0) is 0 Å². The zero-order valence-electron chi connectivity index (χ0n) is 25.5.